The van der Waals surface area contributed by atoms with Crippen LogP contribution in [-0.4, -0.2) is 5.21 Å². The molecule has 11 heavy (non-hydrogen) atoms. The molecule has 5 heteroatoms. The summed E-state index contributed by atoms with van der Waals surface area (Å²) in [7, 11) is 0. The van der Waals surface area contributed by atoms with Crippen molar-refractivity contribution >= 4 is 5.69 Å². The van der Waals surface area contributed by atoms with Crippen LogP contribution in [0.5, 0.6) is 5.75 Å². The number of nitrogens with two attached hydrogens (primary N) is 1. The Morgan fingerprint density at radius 3 is 2.36 bits per heavy atom. The third-order valence-corrected chi connectivity index (χ3v) is 1.16. The van der Waals surface area contributed by atoms with Gasteiger partial charge >= 0.3 is 0 Å². The van der Waals surface area contributed by atoms with E-state index in [4.69, 9.17) is 5.21 Å². The summed E-state index contributed by atoms with van der Waals surface area (Å²) >= 11 is 0. The largest absolute Gasteiger partial charge is 0.872 e. The zero-order chi connectivity index (χ0) is 8.27. The average Bonchev–Trinajstić information content (AvgIpc) is 2.05. The highest BCUT2D eigenvalue weighted by atomic mass is 16.9. The second kappa shape index (κ2) is 3.20. The van der Waals surface area contributed by atoms with Crippen molar-refractivity contribution in [1.82, 2.24) is 0 Å². The fourth-order valence-corrected chi connectivity index (χ4v) is 0.635. The summed E-state index contributed by atoms with van der Waals surface area (Å²) in [6.07, 6.45) is 0. The Bertz CT molecular complexity index is 224. The fraction of sp³-hybridized carbons (Fsp3) is 0. The van der Waals surface area contributed by atoms with E-state index >= 15 is 0 Å². The molecule has 1 aromatic rings. The number of rotatable bonds is 2. The standard InChI is InChI=1S/C6H8N2O3/c7-11-8(10)5-1-3-6(9)4-2-5/h1-4,9-10H,7H2/p-1. The van der Waals surface area contributed by atoms with Crippen molar-refractivity contribution in [3.8, 4) is 5.75 Å². The minimum atomic E-state index is -0.140. The number of hydrogen-bond acceptors (Lipinski definition) is 5. The van der Waals surface area contributed by atoms with Gasteiger partial charge in [0, 0.05) is 0 Å². The van der Waals surface area contributed by atoms with Gasteiger partial charge in [0.25, 0.3) is 0 Å². The minimum absolute atomic E-state index is 0.140. The van der Waals surface area contributed by atoms with E-state index in [1.165, 1.54) is 24.3 Å². The van der Waals surface area contributed by atoms with Gasteiger partial charge in [-0.1, -0.05) is 12.1 Å². The van der Waals surface area contributed by atoms with Crippen LogP contribution in [0.25, 0.3) is 0 Å². The summed E-state index contributed by atoms with van der Waals surface area (Å²) < 4.78 is 0. The topological polar surface area (TPSA) is 81.8 Å². The van der Waals surface area contributed by atoms with Gasteiger partial charge in [-0.15, -0.1) is 11.0 Å². The molecule has 0 radical (unpaired) electrons. The maximum absolute atomic E-state index is 10.6. The molecular formula is C6H7N2O3-. The molecule has 0 aliphatic heterocycles. The SMILES string of the molecule is NON(O)c1ccc([O-])cc1. The van der Waals surface area contributed by atoms with Gasteiger partial charge in [-0.3, -0.25) is 5.21 Å². The van der Waals surface area contributed by atoms with Crippen LogP contribution in [0.15, 0.2) is 24.3 Å². The molecule has 1 rings (SSSR count). The first-order valence-electron chi connectivity index (χ1n) is 2.87. The van der Waals surface area contributed by atoms with Crippen LogP contribution in [0.2, 0.25) is 0 Å². The predicted molar refractivity (Wildman–Crippen MR) is 35.4 cm³/mol. The molecule has 0 atom stereocenters. The van der Waals surface area contributed by atoms with Gasteiger partial charge in [-0.2, -0.15) is 10.8 Å². The summed E-state index contributed by atoms with van der Waals surface area (Å²) in [6.45, 7) is 0. The van der Waals surface area contributed by atoms with Gasteiger partial charge in [-0.05, 0) is 12.1 Å². The van der Waals surface area contributed by atoms with E-state index in [2.05, 4.69) is 10.8 Å². The highest BCUT2D eigenvalue weighted by molar-refractivity contribution is 5.43. The van der Waals surface area contributed by atoms with Crippen molar-refractivity contribution in [2.45, 2.75) is 0 Å². The van der Waals surface area contributed by atoms with Gasteiger partial charge < -0.3 is 5.11 Å². The zero-order valence-electron chi connectivity index (χ0n) is 5.60. The predicted octanol–water partition coefficient (Wildman–Crippen LogP) is -0.239. The van der Waals surface area contributed by atoms with Crippen LogP contribution in [0.4, 0.5) is 5.69 Å². The van der Waals surface area contributed by atoms with Crippen LogP contribution in [-0.2, 0) is 4.94 Å². The van der Waals surface area contributed by atoms with Crippen LogP contribution in [0, 0.1) is 0 Å². The average molecular weight is 155 g/mol. The van der Waals surface area contributed by atoms with Crippen LogP contribution >= 0.6 is 0 Å². The molecule has 0 saturated heterocycles. The first-order valence-corrected chi connectivity index (χ1v) is 2.87. The number of anilines is 1. The molecule has 0 bridgehead atoms. The summed E-state index contributed by atoms with van der Waals surface area (Å²) in [4.78, 5) is 3.96. The van der Waals surface area contributed by atoms with E-state index in [9.17, 15) is 5.11 Å². The van der Waals surface area contributed by atoms with Crippen LogP contribution in [0.1, 0.15) is 0 Å². The van der Waals surface area contributed by atoms with E-state index in [1.807, 2.05) is 0 Å². The Kier molecular flexibility index (Phi) is 2.27. The first-order chi connectivity index (χ1) is 5.24. The molecule has 0 aliphatic carbocycles. The zero-order valence-corrected chi connectivity index (χ0v) is 5.60. The van der Waals surface area contributed by atoms with E-state index in [-0.39, 0.29) is 5.75 Å². The molecule has 0 unspecified atom stereocenters. The lowest BCUT2D eigenvalue weighted by atomic mass is 10.3. The molecule has 0 amide bonds. The summed E-state index contributed by atoms with van der Waals surface area (Å²) in [5.74, 6) is 4.50. The summed E-state index contributed by atoms with van der Waals surface area (Å²) in [5, 5.41) is 19.7. The van der Waals surface area contributed by atoms with E-state index in [0.29, 0.717) is 10.9 Å². The van der Waals surface area contributed by atoms with Crippen molar-refractivity contribution < 1.29 is 15.3 Å². The third kappa shape index (κ3) is 1.81. The second-order valence-corrected chi connectivity index (χ2v) is 1.87. The van der Waals surface area contributed by atoms with Gasteiger partial charge in [-0.25, -0.2) is 0 Å². The highest BCUT2D eigenvalue weighted by Crippen LogP contribution is 2.14. The van der Waals surface area contributed by atoms with Crippen molar-refractivity contribution in [1.29, 1.82) is 0 Å². The first kappa shape index (κ1) is 7.80. The lowest BCUT2D eigenvalue weighted by molar-refractivity contribution is -0.268. The third-order valence-electron chi connectivity index (χ3n) is 1.16. The van der Waals surface area contributed by atoms with E-state index < -0.39 is 0 Å². The van der Waals surface area contributed by atoms with Gasteiger partial charge in [0.1, 0.15) is 0 Å². The molecule has 5 nitrogen and oxygen atoms in total. The number of benzene rings is 1. The monoisotopic (exact) mass is 155 g/mol. The van der Waals surface area contributed by atoms with Gasteiger partial charge in [0.05, 0.1) is 5.69 Å². The van der Waals surface area contributed by atoms with Crippen molar-refractivity contribution in [2.75, 3.05) is 5.23 Å². The number of hydrogen-bond donors (Lipinski definition) is 2. The number of nitrogens with zero attached hydrogens (tertiary/aromatic N) is 1. The summed E-state index contributed by atoms with van der Waals surface area (Å²) in [6, 6.07) is 5.35. The molecule has 0 saturated carbocycles. The van der Waals surface area contributed by atoms with E-state index in [0.717, 1.165) is 0 Å². The lowest BCUT2D eigenvalue weighted by Gasteiger charge is -2.12. The molecule has 0 aliphatic rings. The fourth-order valence-electron chi connectivity index (χ4n) is 0.635. The minimum Gasteiger partial charge on any atom is -0.872 e. The molecule has 60 valence electrons. The van der Waals surface area contributed by atoms with Crippen molar-refractivity contribution in [2.24, 2.45) is 5.90 Å². The van der Waals surface area contributed by atoms with E-state index in [1.54, 1.807) is 0 Å². The normalized spacial score (nSPS) is 9.64. The Hall–Kier alpha value is -1.30. The van der Waals surface area contributed by atoms with Crippen molar-refractivity contribution in [3.63, 3.8) is 0 Å². The molecule has 1 aromatic carbocycles. The molecule has 3 N–H and O–H groups in total. The second-order valence-electron chi connectivity index (χ2n) is 1.87. The van der Waals surface area contributed by atoms with Crippen molar-refractivity contribution in [3.05, 3.63) is 24.3 Å². The maximum Gasteiger partial charge on any atom is 0.0963 e. The lowest BCUT2D eigenvalue weighted by Crippen LogP contribution is -2.22. The Morgan fingerprint density at radius 2 is 1.91 bits per heavy atom. The Balaban J connectivity index is 2.81. The summed E-state index contributed by atoms with van der Waals surface area (Å²) in [5.41, 5.74) is 0.298. The Morgan fingerprint density at radius 1 is 1.36 bits per heavy atom. The van der Waals surface area contributed by atoms with Crippen LogP contribution < -0.4 is 16.2 Å². The Labute approximate surface area is 63.1 Å². The molecule has 0 aromatic heterocycles. The molecule has 0 spiro atoms. The highest BCUT2D eigenvalue weighted by Gasteiger charge is 1.97. The smallest absolute Gasteiger partial charge is 0.0963 e. The molecule has 0 fully saturated rings. The molecule has 0 heterocycles. The molecular weight excluding hydrogens is 148 g/mol. The van der Waals surface area contributed by atoms with Crippen LogP contribution in [0.3, 0.4) is 0 Å². The quantitative estimate of drug-likeness (QED) is 0.576. The van der Waals surface area contributed by atoms with Gasteiger partial charge in [0.15, 0.2) is 0 Å². The maximum atomic E-state index is 10.6. The van der Waals surface area contributed by atoms with Gasteiger partial charge in [0.2, 0.25) is 0 Å².